The van der Waals surface area contributed by atoms with E-state index in [0.29, 0.717) is 13.0 Å². The molecular formula is C14H19N3O5S. The van der Waals surface area contributed by atoms with Crippen molar-refractivity contribution < 1.29 is 18.1 Å². The molecule has 8 nitrogen and oxygen atoms in total. The van der Waals surface area contributed by atoms with Gasteiger partial charge >= 0.3 is 0 Å². The number of non-ortho nitro benzene ring substituents is 1. The first-order valence-corrected chi connectivity index (χ1v) is 8.99. The number of hydrogen-bond donors (Lipinski definition) is 1. The third kappa shape index (κ3) is 5.29. The van der Waals surface area contributed by atoms with E-state index >= 15 is 0 Å². The lowest BCUT2D eigenvalue weighted by Gasteiger charge is -2.18. The van der Waals surface area contributed by atoms with E-state index in [0.717, 1.165) is 5.56 Å². The third-order valence-electron chi connectivity index (χ3n) is 3.58. The van der Waals surface area contributed by atoms with Crippen LogP contribution in [0.2, 0.25) is 0 Å². The second kappa shape index (κ2) is 7.05. The Kier molecular flexibility index (Phi) is 5.32. The lowest BCUT2D eigenvalue weighted by atomic mass is 10.2. The molecule has 2 rings (SSSR count). The Morgan fingerprint density at radius 3 is 2.83 bits per heavy atom. The zero-order chi connectivity index (χ0) is 17.0. The number of nitro benzene ring substituents is 1. The van der Waals surface area contributed by atoms with Crippen LogP contribution < -0.4 is 5.32 Å². The van der Waals surface area contributed by atoms with E-state index in [4.69, 9.17) is 0 Å². The first-order chi connectivity index (χ1) is 10.7. The maximum absolute atomic E-state index is 11.9. The van der Waals surface area contributed by atoms with Crippen molar-refractivity contribution in [3.63, 3.8) is 0 Å². The number of likely N-dealkylation sites (N-methyl/N-ethyl adjacent to an activating group) is 1. The normalized spacial score (nSPS) is 19.7. The number of hydrogen-bond acceptors (Lipinski definition) is 6. The highest BCUT2D eigenvalue weighted by molar-refractivity contribution is 7.91. The molecule has 0 radical (unpaired) electrons. The van der Waals surface area contributed by atoms with E-state index in [1.54, 1.807) is 24.1 Å². The smallest absolute Gasteiger partial charge is 0.269 e. The average molecular weight is 341 g/mol. The zero-order valence-corrected chi connectivity index (χ0v) is 13.6. The molecule has 9 heteroatoms. The van der Waals surface area contributed by atoms with Gasteiger partial charge in [-0.2, -0.15) is 0 Å². The fraction of sp³-hybridized carbons (Fsp3) is 0.500. The van der Waals surface area contributed by atoms with Crippen LogP contribution in [0.15, 0.2) is 24.3 Å². The van der Waals surface area contributed by atoms with Gasteiger partial charge in [-0.15, -0.1) is 0 Å². The van der Waals surface area contributed by atoms with E-state index in [2.05, 4.69) is 5.32 Å². The number of rotatable bonds is 6. The predicted molar refractivity (Wildman–Crippen MR) is 84.6 cm³/mol. The van der Waals surface area contributed by atoms with Crippen molar-refractivity contribution in [1.82, 2.24) is 10.2 Å². The highest BCUT2D eigenvalue weighted by Crippen LogP contribution is 2.14. The van der Waals surface area contributed by atoms with Crippen LogP contribution in [0.25, 0.3) is 0 Å². The predicted octanol–water partition coefficient (Wildman–Crippen LogP) is 0.330. The van der Waals surface area contributed by atoms with Gasteiger partial charge in [0.2, 0.25) is 5.91 Å². The lowest BCUT2D eigenvalue weighted by molar-refractivity contribution is -0.384. The second-order valence-electron chi connectivity index (χ2n) is 5.77. The molecule has 1 aliphatic heterocycles. The number of nitrogens with zero attached hydrogens (tertiary/aromatic N) is 2. The first-order valence-electron chi connectivity index (χ1n) is 7.17. The summed E-state index contributed by atoms with van der Waals surface area (Å²) in [6.07, 6.45) is 0.447. The van der Waals surface area contributed by atoms with E-state index < -0.39 is 14.8 Å². The van der Waals surface area contributed by atoms with Gasteiger partial charge in [0.1, 0.15) is 0 Å². The highest BCUT2D eigenvalue weighted by atomic mass is 32.2. The summed E-state index contributed by atoms with van der Waals surface area (Å²) in [7, 11) is -1.30. The molecule has 1 unspecified atom stereocenters. The standard InChI is InChI=1S/C14H19N3O5S/c1-16(8-11-3-2-4-13(7-11)17(19)20)9-14(18)15-12-5-6-23(21,22)10-12/h2-4,7,12H,5-6,8-10H2,1H3,(H,15,18). The minimum absolute atomic E-state index is 0.00661. The van der Waals surface area contributed by atoms with Crippen molar-refractivity contribution in [3.8, 4) is 0 Å². The first kappa shape index (κ1) is 17.4. The molecule has 0 aliphatic carbocycles. The Hall–Kier alpha value is -2.00. The molecule has 1 fully saturated rings. The number of nitrogens with one attached hydrogen (secondary N) is 1. The molecule has 0 aromatic heterocycles. The average Bonchev–Trinajstić information content (AvgIpc) is 2.77. The maximum Gasteiger partial charge on any atom is 0.269 e. The van der Waals surface area contributed by atoms with Crippen LogP contribution in [-0.4, -0.2) is 55.3 Å². The molecule has 1 atom stereocenters. The number of sulfone groups is 1. The van der Waals surface area contributed by atoms with E-state index in [1.165, 1.54) is 12.1 Å². The Balaban J connectivity index is 1.84. The fourth-order valence-corrected chi connectivity index (χ4v) is 4.24. The number of carbonyl (C=O) groups excluding carboxylic acids is 1. The van der Waals surface area contributed by atoms with Crippen LogP contribution in [0, 0.1) is 10.1 Å². The quantitative estimate of drug-likeness (QED) is 0.590. The van der Waals surface area contributed by atoms with Gasteiger partial charge in [0.15, 0.2) is 9.84 Å². The third-order valence-corrected chi connectivity index (χ3v) is 5.35. The largest absolute Gasteiger partial charge is 0.351 e. The number of benzene rings is 1. The van der Waals surface area contributed by atoms with Gasteiger partial charge in [-0.1, -0.05) is 12.1 Å². The molecule has 1 aliphatic rings. The minimum atomic E-state index is -3.02. The Labute approximate surface area is 134 Å². The summed E-state index contributed by atoms with van der Waals surface area (Å²) in [6, 6.07) is 5.92. The Morgan fingerprint density at radius 1 is 1.48 bits per heavy atom. The van der Waals surface area contributed by atoms with Crippen LogP contribution in [0.4, 0.5) is 5.69 Å². The Morgan fingerprint density at radius 2 is 2.22 bits per heavy atom. The van der Waals surface area contributed by atoms with Crippen molar-refractivity contribution in [1.29, 1.82) is 0 Å². The van der Waals surface area contributed by atoms with Crippen molar-refractivity contribution in [3.05, 3.63) is 39.9 Å². The molecule has 126 valence electrons. The summed E-state index contributed by atoms with van der Waals surface area (Å²) in [4.78, 5) is 23.9. The van der Waals surface area contributed by atoms with Gasteiger partial charge in [-0.05, 0) is 19.0 Å². The van der Waals surface area contributed by atoms with Crippen molar-refractivity contribution in [2.75, 3.05) is 25.1 Å². The minimum Gasteiger partial charge on any atom is -0.351 e. The van der Waals surface area contributed by atoms with Crippen molar-refractivity contribution >= 4 is 21.4 Å². The van der Waals surface area contributed by atoms with Gasteiger partial charge in [0.25, 0.3) is 5.69 Å². The maximum atomic E-state index is 11.9. The molecule has 1 heterocycles. The molecule has 1 saturated heterocycles. The highest BCUT2D eigenvalue weighted by Gasteiger charge is 2.28. The summed E-state index contributed by atoms with van der Waals surface area (Å²) < 4.78 is 22.7. The van der Waals surface area contributed by atoms with Crippen molar-refractivity contribution in [2.45, 2.75) is 19.0 Å². The molecule has 0 bridgehead atoms. The van der Waals surface area contributed by atoms with Gasteiger partial charge in [0.05, 0.1) is 23.0 Å². The lowest BCUT2D eigenvalue weighted by Crippen LogP contribution is -2.41. The van der Waals surface area contributed by atoms with Crippen LogP contribution in [0.1, 0.15) is 12.0 Å². The van der Waals surface area contributed by atoms with Crippen LogP contribution in [0.5, 0.6) is 0 Å². The van der Waals surface area contributed by atoms with E-state index in [-0.39, 0.29) is 35.7 Å². The van der Waals surface area contributed by atoms with Gasteiger partial charge in [-0.25, -0.2) is 8.42 Å². The number of carbonyl (C=O) groups is 1. The van der Waals surface area contributed by atoms with Gasteiger partial charge < -0.3 is 5.32 Å². The molecule has 1 amide bonds. The van der Waals surface area contributed by atoms with E-state index in [9.17, 15) is 23.3 Å². The molecule has 23 heavy (non-hydrogen) atoms. The summed E-state index contributed by atoms with van der Waals surface area (Å²) in [6.45, 7) is 0.483. The molecule has 1 aromatic carbocycles. The summed E-state index contributed by atoms with van der Waals surface area (Å²) in [5.41, 5.74) is 0.745. The molecule has 0 spiro atoms. The van der Waals surface area contributed by atoms with Crippen LogP contribution in [-0.2, 0) is 21.2 Å². The molecule has 0 saturated carbocycles. The molecule has 1 N–H and O–H groups in total. The van der Waals surface area contributed by atoms with Crippen LogP contribution in [0.3, 0.4) is 0 Å². The summed E-state index contributed by atoms with van der Waals surface area (Å²) in [5, 5.41) is 13.5. The number of amides is 1. The van der Waals surface area contributed by atoms with Crippen molar-refractivity contribution in [2.24, 2.45) is 0 Å². The second-order valence-corrected chi connectivity index (χ2v) is 8.00. The molecular weight excluding hydrogens is 322 g/mol. The SMILES string of the molecule is CN(CC(=O)NC1CCS(=O)(=O)C1)Cc1cccc([N+](=O)[O-])c1. The molecule has 1 aromatic rings. The van der Waals surface area contributed by atoms with Gasteiger partial charge in [-0.3, -0.25) is 19.8 Å². The zero-order valence-electron chi connectivity index (χ0n) is 12.8. The Bertz CT molecular complexity index is 704. The van der Waals surface area contributed by atoms with Gasteiger partial charge in [0, 0.05) is 24.7 Å². The summed E-state index contributed by atoms with van der Waals surface area (Å²) >= 11 is 0. The summed E-state index contributed by atoms with van der Waals surface area (Å²) in [5.74, 6) is -0.144. The fourth-order valence-electron chi connectivity index (χ4n) is 2.56. The van der Waals surface area contributed by atoms with E-state index in [1.807, 2.05) is 0 Å². The van der Waals surface area contributed by atoms with Crippen LogP contribution >= 0.6 is 0 Å². The number of nitro groups is 1. The topological polar surface area (TPSA) is 110 Å². The monoisotopic (exact) mass is 341 g/mol.